The molecule has 0 bridgehead atoms. The van der Waals surface area contributed by atoms with Gasteiger partial charge in [-0.1, -0.05) is 57.9 Å². The molecule has 12 heteroatoms. The zero-order valence-corrected chi connectivity index (χ0v) is 29.5. The molecule has 1 unspecified atom stereocenters. The molecule has 1 aliphatic carbocycles. The Hall–Kier alpha value is -3.09. The maximum atomic E-state index is 14.4. The first-order valence-corrected chi connectivity index (χ1v) is 19.0. The number of aliphatic hydroxyl groups is 1. The molecule has 9 nitrogen and oxygen atoms in total. The number of aryl methyl sites for hydroxylation is 1. The first-order chi connectivity index (χ1) is 22.9. The fourth-order valence-electron chi connectivity index (χ4n) is 6.41. The van der Waals surface area contributed by atoms with Crippen molar-refractivity contribution in [3.8, 4) is 0 Å². The van der Waals surface area contributed by atoms with Gasteiger partial charge in [0.2, 0.25) is 5.91 Å². The number of nitrogens with one attached hydrogen (secondary N) is 2. The van der Waals surface area contributed by atoms with Crippen LogP contribution in [0, 0.1) is 11.6 Å². The van der Waals surface area contributed by atoms with Crippen LogP contribution in [-0.2, 0) is 38.8 Å². The SMILES string of the molecule is CCCC(CCC)S(=O)(=O)CC(NC(=O)OC1CCCC1)C(=O)N(Cc1cccc(CC)c1)C[C@@H](O)[C@H](Cc1cc(F)cc(F)c1)NC. The number of hydrogen-bond acceptors (Lipinski definition) is 7. The average Bonchev–Trinajstić information content (AvgIpc) is 3.55. The van der Waals surface area contributed by atoms with Gasteiger partial charge in [-0.15, -0.1) is 0 Å². The average molecular weight is 694 g/mol. The molecule has 2 amide bonds. The monoisotopic (exact) mass is 693 g/mol. The highest BCUT2D eigenvalue weighted by Crippen LogP contribution is 2.22. The molecular weight excluding hydrogens is 640 g/mol. The summed E-state index contributed by atoms with van der Waals surface area (Å²) < 4.78 is 61.0. The molecule has 0 aliphatic heterocycles. The second kappa shape index (κ2) is 19.2. The maximum absolute atomic E-state index is 14.4. The summed E-state index contributed by atoms with van der Waals surface area (Å²) in [6, 6.07) is 8.54. The molecule has 0 spiro atoms. The number of likely N-dealkylation sites (N-methyl/N-ethyl adjacent to an activating group) is 1. The summed E-state index contributed by atoms with van der Waals surface area (Å²) in [6.07, 6.45) is 3.81. The van der Waals surface area contributed by atoms with Crippen molar-refractivity contribution in [2.24, 2.45) is 0 Å². The number of carbonyl (C=O) groups is 2. The number of alkyl carbamates (subject to hydrolysis) is 1. The first kappa shape index (κ1) is 39.3. The number of rotatable bonds is 19. The lowest BCUT2D eigenvalue weighted by molar-refractivity contribution is -0.135. The Morgan fingerprint density at radius 2 is 1.60 bits per heavy atom. The highest BCUT2D eigenvalue weighted by molar-refractivity contribution is 7.92. The lowest BCUT2D eigenvalue weighted by Gasteiger charge is -2.33. The summed E-state index contributed by atoms with van der Waals surface area (Å²) in [5.74, 6) is -2.78. The van der Waals surface area contributed by atoms with E-state index in [0.29, 0.717) is 44.1 Å². The lowest BCUT2D eigenvalue weighted by Crippen LogP contribution is -2.55. The van der Waals surface area contributed by atoms with Crippen LogP contribution in [0.15, 0.2) is 42.5 Å². The van der Waals surface area contributed by atoms with E-state index < -0.39 is 62.7 Å². The Bertz CT molecular complexity index is 1410. The van der Waals surface area contributed by atoms with Crippen LogP contribution in [0.5, 0.6) is 0 Å². The molecular formula is C36H53F2N3O6S. The molecule has 1 fully saturated rings. The topological polar surface area (TPSA) is 125 Å². The Kier molecular flexibility index (Phi) is 15.7. The summed E-state index contributed by atoms with van der Waals surface area (Å²) in [5.41, 5.74) is 2.10. The van der Waals surface area contributed by atoms with Gasteiger partial charge in [0.1, 0.15) is 23.8 Å². The van der Waals surface area contributed by atoms with Gasteiger partial charge in [0.05, 0.1) is 17.1 Å². The molecule has 3 N–H and O–H groups in total. The van der Waals surface area contributed by atoms with Crippen LogP contribution in [0.3, 0.4) is 0 Å². The molecule has 3 atom stereocenters. The summed E-state index contributed by atoms with van der Waals surface area (Å²) in [7, 11) is -2.25. The van der Waals surface area contributed by atoms with Gasteiger partial charge in [-0.3, -0.25) is 4.79 Å². The second-order valence-electron chi connectivity index (χ2n) is 12.9. The van der Waals surface area contributed by atoms with Gasteiger partial charge in [-0.2, -0.15) is 0 Å². The highest BCUT2D eigenvalue weighted by atomic mass is 32.2. The van der Waals surface area contributed by atoms with Crippen molar-refractivity contribution >= 4 is 21.8 Å². The third-order valence-electron chi connectivity index (χ3n) is 9.00. The summed E-state index contributed by atoms with van der Waals surface area (Å²) in [6.45, 7) is 5.59. The zero-order chi connectivity index (χ0) is 35.3. The van der Waals surface area contributed by atoms with E-state index in [9.17, 15) is 31.9 Å². The Morgan fingerprint density at radius 1 is 0.979 bits per heavy atom. The van der Waals surface area contributed by atoms with Crippen molar-refractivity contribution < 1.29 is 36.6 Å². The van der Waals surface area contributed by atoms with Crippen LogP contribution in [0.25, 0.3) is 0 Å². The van der Waals surface area contributed by atoms with Crippen LogP contribution in [0.2, 0.25) is 0 Å². The normalized spacial score (nSPS) is 15.7. The standard InChI is InChI=1S/C36H53F2N3O6S/c1-5-11-31(12-6-2)48(45,46)24-33(40-36(44)47-30-15-8-9-16-30)35(43)41(22-26-14-10-13-25(7-3)17-26)23-34(42)32(39-4)20-27-18-28(37)21-29(38)19-27/h10,13-14,17-19,21,30-34,39,42H,5-9,11-12,15-16,20,22-24H2,1-4H3,(H,40,44)/t32-,33?,34+/m0/s1. The molecule has 1 aliphatic rings. The third kappa shape index (κ3) is 12.1. The van der Waals surface area contributed by atoms with Crippen molar-refractivity contribution in [1.82, 2.24) is 15.5 Å². The van der Waals surface area contributed by atoms with Crippen LogP contribution in [-0.4, -0.2) is 79.3 Å². The number of nitrogens with zero attached hydrogens (tertiary/aromatic N) is 1. The summed E-state index contributed by atoms with van der Waals surface area (Å²) in [4.78, 5) is 28.9. The van der Waals surface area contributed by atoms with Crippen LogP contribution >= 0.6 is 0 Å². The van der Waals surface area contributed by atoms with Crippen LogP contribution in [0.4, 0.5) is 13.6 Å². The third-order valence-corrected chi connectivity index (χ3v) is 11.3. The number of carbonyl (C=O) groups excluding carboxylic acids is 2. The zero-order valence-electron chi connectivity index (χ0n) is 28.7. The minimum Gasteiger partial charge on any atom is -0.446 e. The smallest absolute Gasteiger partial charge is 0.408 e. The quantitative estimate of drug-likeness (QED) is 0.178. The summed E-state index contributed by atoms with van der Waals surface area (Å²) >= 11 is 0. The van der Waals surface area contributed by atoms with E-state index in [4.69, 9.17) is 4.74 Å². The van der Waals surface area contributed by atoms with E-state index in [0.717, 1.165) is 36.5 Å². The van der Waals surface area contributed by atoms with Gasteiger partial charge in [0.15, 0.2) is 9.84 Å². The predicted octanol–water partition coefficient (Wildman–Crippen LogP) is 5.47. The first-order valence-electron chi connectivity index (χ1n) is 17.2. The summed E-state index contributed by atoms with van der Waals surface area (Å²) in [5, 5.41) is 16.3. The fraction of sp³-hybridized carbons (Fsp3) is 0.611. The van der Waals surface area contributed by atoms with E-state index in [-0.39, 0.29) is 25.6 Å². The molecule has 3 rings (SSSR count). The molecule has 2 aromatic carbocycles. The van der Waals surface area contributed by atoms with E-state index in [1.165, 1.54) is 17.0 Å². The van der Waals surface area contributed by atoms with Gasteiger partial charge in [0, 0.05) is 25.2 Å². The minimum absolute atomic E-state index is 0.0258. The molecule has 2 aromatic rings. The van der Waals surface area contributed by atoms with E-state index in [1.807, 2.05) is 45.0 Å². The highest BCUT2D eigenvalue weighted by Gasteiger charge is 2.36. The fourth-order valence-corrected chi connectivity index (χ4v) is 8.56. The van der Waals surface area contributed by atoms with Gasteiger partial charge >= 0.3 is 6.09 Å². The number of sulfone groups is 1. The van der Waals surface area contributed by atoms with Crippen molar-refractivity contribution in [3.05, 3.63) is 70.8 Å². The van der Waals surface area contributed by atoms with Crippen molar-refractivity contribution in [2.45, 2.75) is 121 Å². The second-order valence-corrected chi connectivity index (χ2v) is 15.2. The number of ether oxygens (including phenoxy) is 1. The number of amides is 2. The van der Waals surface area contributed by atoms with Crippen molar-refractivity contribution in [3.63, 3.8) is 0 Å². The molecule has 1 saturated carbocycles. The molecule has 48 heavy (non-hydrogen) atoms. The minimum atomic E-state index is -3.84. The Morgan fingerprint density at radius 3 is 2.19 bits per heavy atom. The van der Waals surface area contributed by atoms with Gasteiger partial charge in [-0.25, -0.2) is 22.0 Å². The van der Waals surface area contributed by atoms with E-state index in [1.54, 1.807) is 7.05 Å². The van der Waals surface area contributed by atoms with Crippen molar-refractivity contribution in [1.29, 1.82) is 0 Å². The maximum Gasteiger partial charge on any atom is 0.408 e. The molecule has 0 heterocycles. The number of halogens is 2. The van der Waals surface area contributed by atoms with Gasteiger partial charge < -0.3 is 25.4 Å². The van der Waals surface area contributed by atoms with E-state index in [2.05, 4.69) is 10.6 Å². The Labute approximate surface area is 284 Å². The number of hydrogen-bond donors (Lipinski definition) is 3. The van der Waals surface area contributed by atoms with Gasteiger partial charge in [0.25, 0.3) is 0 Å². The van der Waals surface area contributed by atoms with Crippen molar-refractivity contribution in [2.75, 3.05) is 19.3 Å². The Balaban J connectivity index is 1.96. The lowest BCUT2D eigenvalue weighted by atomic mass is 10.00. The van der Waals surface area contributed by atoms with E-state index >= 15 is 0 Å². The molecule has 268 valence electrons. The molecule has 0 aromatic heterocycles. The van der Waals surface area contributed by atoms with Crippen LogP contribution in [0.1, 0.15) is 88.8 Å². The number of aliphatic hydroxyl groups excluding tert-OH is 1. The van der Waals surface area contributed by atoms with Crippen LogP contribution < -0.4 is 10.6 Å². The molecule has 0 radical (unpaired) electrons. The number of benzene rings is 2. The largest absolute Gasteiger partial charge is 0.446 e. The molecule has 0 saturated heterocycles. The predicted molar refractivity (Wildman–Crippen MR) is 183 cm³/mol. The van der Waals surface area contributed by atoms with Gasteiger partial charge in [-0.05, 0) is 87.2 Å².